The van der Waals surface area contributed by atoms with Gasteiger partial charge in [-0.2, -0.15) is 0 Å². The van der Waals surface area contributed by atoms with Gasteiger partial charge in [-0.05, 0) is 49.7 Å². The third-order valence-corrected chi connectivity index (χ3v) is 3.42. The lowest BCUT2D eigenvalue weighted by Crippen LogP contribution is -2.41. The zero-order valence-corrected chi connectivity index (χ0v) is 12.6. The average molecular weight is 305 g/mol. The van der Waals surface area contributed by atoms with Crippen molar-refractivity contribution in [2.45, 2.75) is 19.4 Å². The van der Waals surface area contributed by atoms with Crippen LogP contribution in [0.3, 0.4) is 0 Å². The number of methoxy groups -OCH3 is 1. The van der Waals surface area contributed by atoms with E-state index in [0.29, 0.717) is 5.75 Å². The van der Waals surface area contributed by atoms with Gasteiger partial charge in [0.15, 0.2) is 11.6 Å². The molecular weight excluding hydrogens is 288 g/mol. The SMILES string of the molecule is COc1ccc(C(C)(C)NC(=O)c2ccc(F)c(F)c2)cc1. The van der Waals surface area contributed by atoms with Gasteiger partial charge in [0.1, 0.15) is 5.75 Å². The van der Waals surface area contributed by atoms with Gasteiger partial charge in [0.2, 0.25) is 0 Å². The fourth-order valence-electron chi connectivity index (χ4n) is 2.07. The molecule has 0 unspecified atom stereocenters. The van der Waals surface area contributed by atoms with Gasteiger partial charge in [-0.15, -0.1) is 0 Å². The Labute approximate surface area is 127 Å². The third-order valence-electron chi connectivity index (χ3n) is 3.42. The first-order chi connectivity index (χ1) is 10.3. The lowest BCUT2D eigenvalue weighted by Gasteiger charge is -2.27. The average Bonchev–Trinajstić information content (AvgIpc) is 2.49. The number of hydrogen-bond donors (Lipinski definition) is 1. The van der Waals surface area contributed by atoms with E-state index in [9.17, 15) is 13.6 Å². The molecule has 3 nitrogen and oxygen atoms in total. The number of carbonyl (C=O) groups is 1. The minimum atomic E-state index is -1.05. The molecule has 0 fully saturated rings. The summed E-state index contributed by atoms with van der Waals surface area (Å²) in [6.07, 6.45) is 0. The number of nitrogens with one attached hydrogen (secondary N) is 1. The van der Waals surface area contributed by atoms with E-state index in [1.165, 1.54) is 6.07 Å². The van der Waals surface area contributed by atoms with E-state index in [1.54, 1.807) is 19.2 Å². The molecule has 0 aliphatic carbocycles. The van der Waals surface area contributed by atoms with E-state index in [-0.39, 0.29) is 5.56 Å². The second-order valence-electron chi connectivity index (χ2n) is 5.44. The maximum absolute atomic E-state index is 13.2. The van der Waals surface area contributed by atoms with Crippen LogP contribution >= 0.6 is 0 Å². The van der Waals surface area contributed by atoms with E-state index in [2.05, 4.69) is 5.32 Å². The number of carbonyl (C=O) groups excluding carboxylic acids is 1. The summed E-state index contributed by atoms with van der Waals surface area (Å²) in [6, 6.07) is 10.3. The maximum Gasteiger partial charge on any atom is 0.252 e. The first-order valence-electron chi connectivity index (χ1n) is 6.75. The lowest BCUT2D eigenvalue weighted by atomic mass is 9.93. The summed E-state index contributed by atoms with van der Waals surface area (Å²) in [7, 11) is 1.57. The van der Waals surface area contributed by atoms with E-state index < -0.39 is 23.1 Å². The molecule has 0 aromatic heterocycles. The molecule has 5 heteroatoms. The Morgan fingerprint density at radius 1 is 1.05 bits per heavy atom. The highest BCUT2D eigenvalue weighted by Crippen LogP contribution is 2.23. The van der Waals surface area contributed by atoms with Crippen LogP contribution in [0.2, 0.25) is 0 Å². The van der Waals surface area contributed by atoms with Crippen molar-refractivity contribution in [3.8, 4) is 5.75 Å². The Balaban J connectivity index is 2.19. The van der Waals surface area contributed by atoms with Crippen LogP contribution in [0.1, 0.15) is 29.8 Å². The van der Waals surface area contributed by atoms with Crippen molar-refractivity contribution in [3.63, 3.8) is 0 Å². The molecule has 0 atom stereocenters. The molecule has 116 valence electrons. The molecule has 1 N–H and O–H groups in total. The topological polar surface area (TPSA) is 38.3 Å². The maximum atomic E-state index is 13.2. The summed E-state index contributed by atoms with van der Waals surface area (Å²) >= 11 is 0. The molecule has 2 aromatic carbocycles. The Morgan fingerprint density at radius 3 is 2.23 bits per heavy atom. The molecule has 0 aliphatic rings. The first kappa shape index (κ1) is 15.9. The van der Waals surface area contributed by atoms with Crippen LogP contribution < -0.4 is 10.1 Å². The molecular formula is C17H17F2NO2. The predicted octanol–water partition coefficient (Wildman–Crippen LogP) is 3.64. The van der Waals surface area contributed by atoms with Crippen molar-refractivity contribution in [1.29, 1.82) is 0 Å². The highest BCUT2D eigenvalue weighted by Gasteiger charge is 2.24. The largest absolute Gasteiger partial charge is 0.497 e. The molecule has 0 bridgehead atoms. The summed E-state index contributed by atoms with van der Waals surface area (Å²) in [6.45, 7) is 3.65. The molecule has 0 heterocycles. The Bertz CT molecular complexity index is 682. The summed E-state index contributed by atoms with van der Waals surface area (Å²) in [5, 5.41) is 2.80. The minimum Gasteiger partial charge on any atom is -0.497 e. The number of hydrogen-bond acceptors (Lipinski definition) is 2. The van der Waals surface area contributed by atoms with Gasteiger partial charge in [-0.3, -0.25) is 4.79 Å². The van der Waals surface area contributed by atoms with Gasteiger partial charge in [0.25, 0.3) is 5.91 Å². The van der Waals surface area contributed by atoms with Crippen LogP contribution in [-0.4, -0.2) is 13.0 Å². The minimum absolute atomic E-state index is 0.0699. The molecule has 0 saturated heterocycles. The highest BCUT2D eigenvalue weighted by molar-refractivity contribution is 5.94. The van der Waals surface area contributed by atoms with E-state index in [1.807, 2.05) is 26.0 Å². The summed E-state index contributed by atoms with van der Waals surface area (Å²) in [4.78, 5) is 12.2. The van der Waals surface area contributed by atoms with Crippen LogP contribution in [-0.2, 0) is 5.54 Å². The molecule has 22 heavy (non-hydrogen) atoms. The molecule has 0 spiro atoms. The van der Waals surface area contributed by atoms with Gasteiger partial charge >= 0.3 is 0 Å². The van der Waals surface area contributed by atoms with Gasteiger partial charge < -0.3 is 10.1 Å². The van der Waals surface area contributed by atoms with Crippen LogP contribution in [0.25, 0.3) is 0 Å². The van der Waals surface area contributed by atoms with Crippen LogP contribution in [0, 0.1) is 11.6 Å². The first-order valence-corrected chi connectivity index (χ1v) is 6.75. The van der Waals surface area contributed by atoms with Crippen molar-refractivity contribution in [2.24, 2.45) is 0 Å². The third kappa shape index (κ3) is 3.42. The fourth-order valence-corrected chi connectivity index (χ4v) is 2.07. The molecule has 0 saturated carbocycles. The van der Waals surface area contributed by atoms with Crippen molar-refractivity contribution in [3.05, 3.63) is 65.2 Å². The number of amides is 1. The van der Waals surface area contributed by atoms with E-state index in [4.69, 9.17) is 4.74 Å². The van der Waals surface area contributed by atoms with Gasteiger partial charge in [-0.25, -0.2) is 8.78 Å². The normalized spacial score (nSPS) is 11.1. The van der Waals surface area contributed by atoms with Crippen LogP contribution in [0.5, 0.6) is 5.75 Å². The summed E-state index contributed by atoms with van der Waals surface area (Å²) in [5.74, 6) is -1.79. The van der Waals surface area contributed by atoms with E-state index >= 15 is 0 Å². The smallest absolute Gasteiger partial charge is 0.252 e. The van der Waals surface area contributed by atoms with Crippen LogP contribution in [0.15, 0.2) is 42.5 Å². The van der Waals surface area contributed by atoms with Gasteiger partial charge in [0.05, 0.1) is 12.6 Å². The van der Waals surface area contributed by atoms with Crippen molar-refractivity contribution >= 4 is 5.91 Å². The molecule has 1 amide bonds. The quantitative estimate of drug-likeness (QED) is 0.936. The number of halogens is 2. The standard InChI is InChI=1S/C17H17F2NO2/c1-17(2,12-5-7-13(22-3)8-6-12)20-16(21)11-4-9-14(18)15(19)10-11/h4-10H,1-3H3,(H,20,21). The van der Waals surface area contributed by atoms with Crippen molar-refractivity contribution in [1.82, 2.24) is 5.32 Å². The highest BCUT2D eigenvalue weighted by atomic mass is 19.2. The Morgan fingerprint density at radius 2 is 1.68 bits per heavy atom. The zero-order chi connectivity index (χ0) is 16.3. The zero-order valence-electron chi connectivity index (χ0n) is 12.6. The Hall–Kier alpha value is -2.43. The van der Waals surface area contributed by atoms with Gasteiger partial charge in [0, 0.05) is 5.56 Å². The molecule has 0 aliphatic heterocycles. The molecule has 0 radical (unpaired) electrons. The van der Waals surface area contributed by atoms with Crippen LogP contribution in [0.4, 0.5) is 8.78 Å². The monoisotopic (exact) mass is 305 g/mol. The number of ether oxygens (including phenoxy) is 1. The van der Waals surface area contributed by atoms with Crippen molar-refractivity contribution in [2.75, 3.05) is 7.11 Å². The predicted molar refractivity (Wildman–Crippen MR) is 79.8 cm³/mol. The fraction of sp³-hybridized carbons (Fsp3) is 0.235. The molecule has 2 aromatic rings. The number of rotatable bonds is 4. The second-order valence-corrected chi connectivity index (χ2v) is 5.44. The molecule has 2 rings (SSSR count). The Kier molecular flexibility index (Phi) is 4.45. The lowest BCUT2D eigenvalue weighted by molar-refractivity contribution is 0.0911. The van der Waals surface area contributed by atoms with Crippen molar-refractivity contribution < 1.29 is 18.3 Å². The van der Waals surface area contributed by atoms with Gasteiger partial charge in [-0.1, -0.05) is 12.1 Å². The summed E-state index contributed by atoms with van der Waals surface area (Å²) in [5.41, 5.74) is 0.263. The van der Waals surface area contributed by atoms with E-state index in [0.717, 1.165) is 17.7 Å². The summed E-state index contributed by atoms with van der Waals surface area (Å²) < 4.78 is 31.2. The second kappa shape index (κ2) is 6.13. The number of benzene rings is 2.